The van der Waals surface area contributed by atoms with Gasteiger partial charge in [-0.15, -0.1) is 0 Å². The molecular weight excluding hydrogens is 262 g/mol. The number of carbonyl (C=O) groups excluding carboxylic acids is 1. The Hall–Kier alpha value is -2.90. The highest BCUT2D eigenvalue weighted by Gasteiger charge is 2.11. The van der Waals surface area contributed by atoms with Crippen molar-refractivity contribution in [1.29, 1.82) is 0 Å². The smallest absolute Gasteiger partial charge is 0.259 e. The topological polar surface area (TPSA) is 112 Å². The Morgan fingerprint density at radius 3 is 2.35 bits per heavy atom. The van der Waals surface area contributed by atoms with Crippen molar-refractivity contribution in [2.24, 2.45) is 0 Å². The van der Waals surface area contributed by atoms with E-state index >= 15 is 0 Å². The lowest BCUT2D eigenvalue weighted by atomic mass is 10.2. The van der Waals surface area contributed by atoms with Crippen LogP contribution in [0.5, 0.6) is 11.8 Å². The van der Waals surface area contributed by atoms with Gasteiger partial charge in [0.2, 0.25) is 17.7 Å². The summed E-state index contributed by atoms with van der Waals surface area (Å²) in [6.07, 6.45) is 1.36. The molecule has 0 saturated heterocycles. The molecule has 8 nitrogen and oxygen atoms in total. The van der Waals surface area contributed by atoms with Gasteiger partial charge in [0.05, 0.1) is 25.8 Å². The van der Waals surface area contributed by atoms with Gasteiger partial charge >= 0.3 is 0 Å². The van der Waals surface area contributed by atoms with Gasteiger partial charge in [-0.2, -0.15) is 9.97 Å². The highest BCUT2D eigenvalue weighted by atomic mass is 16.5. The van der Waals surface area contributed by atoms with Crippen LogP contribution in [-0.2, 0) is 0 Å². The van der Waals surface area contributed by atoms with E-state index in [1.807, 2.05) is 0 Å². The third-order valence-corrected chi connectivity index (χ3v) is 2.37. The van der Waals surface area contributed by atoms with Gasteiger partial charge in [-0.1, -0.05) is 0 Å². The molecule has 2 aromatic heterocycles. The molecule has 2 aromatic rings. The summed E-state index contributed by atoms with van der Waals surface area (Å²) >= 11 is 0. The zero-order valence-corrected chi connectivity index (χ0v) is 11.0. The fourth-order valence-electron chi connectivity index (χ4n) is 1.38. The molecule has 0 radical (unpaired) electrons. The standard InChI is InChI=1S/C12H13N5O3/c1-19-9-5-10(20-2)16-12(15-9)17-11(18)7-3-4-8(13)14-6-7/h3-6H,1-2H3,(H2,13,14)(H,15,16,17,18). The molecule has 0 fully saturated rings. The molecule has 3 N–H and O–H groups in total. The van der Waals surface area contributed by atoms with Crippen molar-refractivity contribution < 1.29 is 14.3 Å². The first kappa shape index (κ1) is 13.5. The maximum Gasteiger partial charge on any atom is 0.259 e. The molecule has 0 bridgehead atoms. The minimum Gasteiger partial charge on any atom is -0.481 e. The van der Waals surface area contributed by atoms with Gasteiger partial charge in [0.15, 0.2) is 0 Å². The SMILES string of the molecule is COc1cc(OC)nc(NC(=O)c2ccc(N)nc2)n1. The number of amides is 1. The Labute approximate surface area is 115 Å². The van der Waals surface area contributed by atoms with Crippen LogP contribution in [0.15, 0.2) is 24.4 Å². The van der Waals surface area contributed by atoms with Gasteiger partial charge in [0.25, 0.3) is 5.91 Å². The maximum absolute atomic E-state index is 12.0. The summed E-state index contributed by atoms with van der Waals surface area (Å²) in [5.41, 5.74) is 5.79. The van der Waals surface area contributed by atoms with E-state index in [9.17, 15) is 4.79 Å². The summed E-state index contributed by atoms with van der Waals surface area (Å²) in [5.74, 6) is 0.557. The van der Waals surface area contributed by atoms with E-state index in [1.54, 1.807) is 6.07 Å². The molecule has 0 aliphatic rings. The molecule has 20 heavy (non-hydrogen) atoms. The van der Waals surface area contributed by atoms with Crippen LogP contribution in [0.4, 0.5) is 11.8 Å². The highest BCUT2D eigenvalue weighted by Crippen LogP contribution is 2.17. The Balaban J connectivity index is 2.20. The number of ether oxygens (including phenoxy) is 2. The lowest BCUT2D eigenvalue weighted by Gasteiger charge is -2.07. The summed E-state index contributed by atoms with van der Waals surface area (Å²) in [6, 6.07) is 4.58. The number of carbonyl (C=O) groups is 1. The van der Waals surface area contributed by atoms with Crippen LogP contribution in [-0.4, -0.2) is 35.1 Å². The molecule has 0 aliphatic heterocycles. The number of rotatable bonds is 4. The van der Waals surface area contributed by atoms with E-state index in [1.165, 1.54) is 32.5 Å². The zero-order chi connectivity index (χ0) is 14.5. The minimum atomic E-state index is -0.409. The van der Waals surface area contributed by atoms with Crippen molar-refractivity contribution in [3.63, 3.8) is 0 Å². The van der Waals surface area contributed by atoms with Crippen LogP contribution in [0.2, 0.25) is 0 Å². The van der Waals surface area contributed by atoms with E-state index in [4.69, 9.17) is 15.2 Å². The number of hydrogen-bond acceptors (Lipinski definition) is 7. The molecular formula is C12H13N5O3. The fourth-order valence-corrected chi connectivity index (χ4v) is 1.38. The largest absolute Gasteiger partial charge is 0.481 e. The summed E-state index contributed by atoms with van der Waals surface area (Å²) in [7, 11) is 2.91. The monoisotopic (exact) mass is 275 g/mol. The molecule has 1 amide bonds. The van der Waals surface area contributed by atoms with E-state index in [0.717, 1.165) is 0 Å². The molecule has 0 saturated carbocycles. The Bertz CT molecular complexity index is 593. The highest BCUT2D eigenvalue weighted by molar-refractivity contribution is 6.03. The molecule has 2 rings (SSSR count). The third-order valence-electron chi connectivity index (χ3n) is 2.37. The number of methoxy groups -OCH3 is 2. The van der Waals surface area contributed by atoms with E-state index in [-0.39, 0.29) is 17.7 Å². The summed E-state index contributed by atoms with van der Waals surface area (Å²) in [4.78, 5) is 23.8. The second kappa shape index (κ2) is 5.83. The van der Waals surface area contributed by atoms with Gasteiger partial charge in [-0.05, 0) is 12.1 Å². The van der Waals surface area contributed by atoms with Crippen LogP contribution in [0.25, 0.3) is 0 Å². The summed E-state index contributed by atoms with van der Waals surface area (Å²) < 4.78 is 9.98. The molecule has 0 aliphatic carbocycles. The fraction of sp³-hybridized carbons (Fsp3) is 0.167. The van der Waals surface area contributed by atoms with E-state index in [2.05, 4.69) is 20.3 Å². The normalized spacial score (nSPS) is 9.90. The third kappa shape index (κ3) is 3.10. The first-order valence-electron chi connectivity index (χ1n) is 5.62. The van der Waals surface area contributed by atoms with Crippen molar-refractivity contribution in [3.8, 4) is 11.8 Å². The van der Waals surface area contributed by atoms with Crippen LogP contribution in [0.1, 0.15) is 10.4 Å². The van der Waals surface area contributed by atoms with Crippen LogP contribution < -0.4 is 20.5 Å². The predicted molar refractivity (Wildman–Crippen MR) is 71.7 cm³/mol. The summed E-state index contributed by atoms with van der Waals surface area (Å²) in [5, 5.41) is 2.53. The van der Waals surface area contributed by atoms with E-state index in [0.29, 0.717) is 11.4 Å². The molecule has 0 atom stereocenters. The second-order valence-corrected chi connectivity index (χ2v) is 3.70. The quantitative estimate of drug-likeness (QED) is 0.845. The second-order valence-electron chi connectivity index (χ2n) is 3.70. The van der Waals surface area contributed by atoms with Crippen LogP contribution >= 0.6 is 0 Å². The van der Waals surface area contributed by atoms with Crippen molar-refractivity contribution in [3.05, 3.63) is 30.0 Å². The van der Waals surface area contributed by atoms with Crippen molar-refractivity contribution >= 4 is 17.7 Å². The number of nitrogens with zero attached hydrogens (tertiary/aromatic N) is 3. The Morgan fingerprint density at radius 2 is 1.85 bits per heavy atom. The number of aromatic nitrogens is 3. The summed E-state index contributed by atoms with van der Waals surface area (Å²) in [6.45, 7) is 0. The molecule has 0 aromatic carbocycles. The van der Waals surface area contributed by atoms with Crippen molar-refractivity contribution in [1.82, 2.24) is 15.0 Å². The number of nitrogens with two attached hydrogens (primary N) is 1. The first-order valence-corrected chi connectivity index (χ1v) is 5.62. The number of anilines is 2. The number of pyridine rings is 1. The van der Waals surface area contributed by atoms with Gasteiger partial charge in [0.1, 0.15) is 5.82 Å². The van der Waals surface area contributed by atoms with Gasteiger partial charge < -0.3 is 15.2 Å². The van der Waals surface area contributed by atoms with Crippen molar-refractivity contribution in [2.75, 3.05) is 25.3 Å². The molecule has 8 heteroatoms. The predicted octanol–water partition coefficient (Wildman–Crippen LogP) is 0.723. The lowest BCUT2D eigenvalue weighted by Crippen LogP contribution is -2.15. The maximum atomic E-state index is 12.0. The molecule has 0 unspecified atom stereocenters. The van der Waals surface area contributed by atoms with Crippen molar-refractivity contribution in [2.45, 2.75) is 0 Å². The van der Waals surface area contributed by atoms with E-state index < -0.39 is 5.91 Å². The van der Waals surface area contributed by atoms with Crippen LogP contribution in [0.3, 0.4) is 0 Å². The lowest BCUT2D eigenvalue weighted by molar-refractivity contribution is 0.102. The van der Waals surface area contributed by atoms with Gasteiger partial charge in [0, 0.05) is 6.20 Å². The molecule has 2 heterocycles. The molecule has 104 valence electrons. The number of nitrogen functional groups attached to an aromatic ring is 1. The van der Waals surface area contributed by atoms with Gasteiger partial charge in [-0.3, -0.25) is 10.1 Å². The zero-order valence-electron chi connectivity index (χ0n) is 11.0. The van der Waals surface area contributed by atoms with Crippen LogP contribution in [0, 0.1) is 0 Å². The minimum absolute atomic E-state index is 0.0722. The molecule has 0 spiro atoms. The Kier molecular flexibility index (Phi) is 3.94. The average molecular weight is 275 g/mol. The average Bonchev–Trinajstić information content (AvgIpc) is 2.47. The Morgan fingerprint density at radius 1 is 1.20 bits per heavy atom. The number of hydrogen-bond donors (Lipinski definition) is 2. The first-order chi connectivity index (χ1) is 9.62. The number of nitrogens with one attached hydrogen (secondary N) is 1. The van der Waals surface area contributed by atoms with Gasteiger partial charge in [-0.25, -0.2) is 4.98 Å².